The second kappa shape index (κ2) is 5.92. The van der Waals surface area contributed by atoms with Crippen molar-refractivity contribution < 1.29 is 4.39 Å². The van der Waals surface area contributed by atoms with Gasteiger partial charge in [0.05, 0.1) is 23.9 Å². The molecule has 0 saturated heterocycles. The lowest BCUT2D eigenvalue weighted by atomic mass is 10.2. The Morgan fingerprint density at radius 1 is 1.29 bits per heavy atom. The second-order valence-electron chi connectivity index (χ2n) is 5.15. The van der Waals surface area contributed by atoms with Crippen molar-refractivity contribution in [3.05, 3.63) is 41.2 Å². The monoisotopic (exact) mass is 285 g/mol. The number of aryl methyl sites for hydroxylation is 1. The molecular weight excluding hydrogens is 269 g/mol. The number of halogens is 1. The van der Waals surface area contributed by atoms with Gasteiger partial charge < -0.3 is 9.88 Å². The van der Waals surface area contributed by atoms with E-state index in [0.29, 0.717) is 17.8 Å². The Balaban J connectivity index is 1.74. The van der Waals surface area contributed by atoms with Crippen molar-refractivity contribution in [3.63, 3.8) is 0 Å². The molecule has 2 aromatic rings. The number of hydrogen-bond acceptors (Lipinski definition) is 4. The van der Waals surface area contributed by atoms with Gasteiger partial charge in [-0.1, -0.05) is 6.42 Å². The Morgan fingerprint density at radius 2 is 2.19 bits per heavy atom. The molecule has 0 bridgehead atoms. The zero-order valence-corrected chi connectivity index (χ0v) is 11.6. The van der Waals surface area contributed by atoms with Crippen LogP contribution in [-0.2, 0) is 19.5 Å². The molecule has 5 nitrogen and oxygen atoms in total. The van der Waals surface area contributed by atoms with Gasteiger partial charge >= 0.3 is 0 Å². The Kier molecular flexibility index (Phi) is 3.82. The number of aromatic nitrogens is 3. The van der Waals surface area contributed by atoms with E-state index in [0.717, 1.165) is 37.5 Å². The van der Waals surface area contributed by atoms with Crippen LogP contribution in [0.25, 0.3) is 0 Å². The minimum Gasteiger partial charge on any atom is -0.375 e. The SMILES string of the molecule is N#Cc1ccc(NCc2nnc3n2CCCCC3)c(F)c1. The third kappa shape index (κ3) is 2.87. The maximum atomic E-state index is 13.8. The summed E-state index contributed by atoms with van der Waals surface area (Å²) in [5, 5.41) is 20.2. The predicted octanol–water partition coefficient (Wildman–Crippen LogP) is 2.63. The fourth-order valence-corrected chi connectivity index (χ4v) is 2.58. The molecule has 0 fully saturated rings. The lowest BCUT2D eigenvalue weighted by molar-refractivity contribution is 0.607. The van der Waals surface area contributed by atoms with Gasteiger partial charge in [0.25, 0.3) is 0 Å². The molecule has 1 aromatic carbocycles. The number of hydrogen-bond donors (Lipinski definition) is 1. The van der Waals surface area contributed by atoms with Crippen LogP contribution >= 0.6 is 0 Å². The maximum Gasteiger partial charge on any atom is 0.152 e. The number of anilines is 1. The van der Waals surface area contributed by atoms with E-state index in [2.05, 4.69) is 20.1 Å². The number of benzene rings is 1. The van der Waals surface area contributed by atoms with Crippen LogP contribution in [0.1, 0.15) is 36.5 Å². The van der Waals surface area contributed by atoms with Crippen LogP contribution in [0.15, 0.2) is 18.2 Å². The molecular formula is C15H16FN5. The van der Waals surface area contributed by atoms with Crippen LogP contribution < -0.4 is 5.32 Å². The normalized spacial score (nSPS) is 14.1. The predicted molar refractivity (Wildman–Crippen MR) is 76.0 cm³/mol. The molecule has 0 amide bonds. The number of nitrogens with zero attached hydrogens (tertiary/aromatic N) is 4. The quantitative estimate of drug-likeness (QED) is 0.941. The summed E-state index contributed by atoms with van der Waals surface area (Å²) in [6.45, 7) is 1.35. The van der Waals surface area contributed by atoms with Crippen molar-refractivity contribution in [2.75, 3.05) is 5.32 Å². The third-order valence-electron chi connectivity index (χ3n) is 3.72. The van der Waals surface area contributed by atoms with Crippen molar-refractivity contribution in [2.24, 2.45) is 0 Å². The van der Waals surface area contributed by atoms with Crippen molar-refractivity contribution in [2.45, 2.75) is 38.8 Å². The largest absolute Gasteiger partial charge is 0.375 e. The Bertz CT molecular complexity index is 686. The van der Waals surface area contributed by atoms with Crippen LogP contribution in [0.2, 0.25) is 0 Å². The highest BCUT2D eigenvalue weighted by atomic mass is 19.1. The molecule has 0 atom stereocenters. The molecule has 0 radical (unpaired) electrons. The average Bonchev–Trinajstić information content (AvgIpc) is 2.73. The van der Waals surface area contributed by atoms with E-state index in [4.69, 9.17) is 5.26 Å². The Morgan fingerprint density at radius 3 is 3.00 bits per heavy atom. The zero-order valence-electron chi connectivity index (χ0n) is 11.6. The van der Waals surface area contributed by atoms with Gasteiger partial charge in [-0.25, -0.2) is 4.39 Å². The summed E-state index contributed by atoms with van der Waals surface area (Å²) in [4.78, 5) is 0. The molecule has 21 heavy (non-hydrogen) atoms. The number of fused-ring (bicyclic) bond motifs is 1. The Labute approximate surface area is 122 Å². The van der Waals surface area contributed by atoms with Crippen molar-refractivity contribution in [3.8, 4) is 6.07 Å². The molecule has 3 rings (SSSR count). The van der Waals surface area contributed by atoms with Crippen LogP contribution in [-0.4, -0.2) is 14.8 Å². The van der Waals surface area contributed by atoms with E-state index in [9.17, 15) is 4.39 Å². The topological polar surface area (TPSA) is 66.5 Å². The highest BCUT2D eigenvalue weighted by Crippen LogP contribution is 2.18. The second-order valence-corrected chi connectivity index (χ2v) is 5.15. The molecule has 1 N–H and O–H groups in total. The number of rotatable bonds is 3. The first-order chi connectivity index (χ1) is 10.3. The fourth-order valence-electron chi connectivity index (χ4n) is 2.58. The average molecular weight is 285 g/mol. The summed E-state index contributed by atoms with van der Waals surface area (Å²) in [6.07, 6.45) is 4.44. The minimum absolute atomic E-state index is 0.314. The molecule has 0 unspecified atom stereocenters. The van der Waals surface area contributed by atoms with Crippen molar-refractivity contribution >= 4 is 5.69 Å². The van der Waals surface area contributed by atoms with E-state index in [1.165, 1.54) is 12.5 Å². The van der Waals surface area contributed by atoms with E-state index in [1.807, 2.05) is 6.07 Å². The van der Waals surface area contributed by atoms with E-state index < -0.39 is 5.82 Å². The first-order valence-corrected chi connectivity index (χ1v) is 7.12. The van der Waals surface area contributed by atoms with Gasteiger partial charge in [0, 0.05) is 13.0 Å². The first-order valence-electron chi connectivity index (χ1n) is 7.12. The molecule has 1 aliphatic rings. The van der Waals surface area contributed by atoms with Gasteiger partial charge in [-0.15, -0.1) is 10.2 Å². The summed E-state index contributed by atoms with van der Waals surface area (Å²) in [5.41, 5.74) is 0.689. The molecule has 1 aliphatic heterocycles. The molecule has 0 spiro atoms. The van der Waals surface area contributed by atoms with Gasteiger partial charge in [-0.3, -0.25) is 0 Å². The third-order valence-corrected chi connectivity index (χ3v) is 3.72. The molecule has 6 heteroatoms. The summed E-state index contributed by atoms with van der Waals surface area (Å²) in [7, 11) is 0. The standard InChI is InChI=1S/C15H16FN5/c16-12-8-11(9-17)5-6-13(12)18-10-15-20-19-14-4-2-1-3-7-21(14)15/h5-6,8,18H,1-4,7,10H2. The smallest absolute Gasteiger partial charge is 0.152 e. The number of nitrogens with one attached hydrogen (secondary N) is 1. The molecule has 0 saturated carbocycles. The maximum absolute atomic E-state index is 13.8. The summed E-state index contributed by atoms with van der Waals surface area (Å²) in [5.74, 6) is 1.42. The van der Waals surface area contributed by atoms with Crippen LogP contribution in [0.4, 0.5) is 10.1 Å². The summed E-state index contributed by atoms with van der Waals surface area (Å²) < 4.78 is 15.9. The lowest BCUT2D eigenvalue weighted by Gasteiger charge is -2.09. The lowest BCUT2D eigenvalue weighted by Crippen LogP contribution is -2.11. The van der Waals surface area contributed by atoms with Gasteiger partial charge in [-0.2, -0.15) is 5.26 Å². The van der Waals surface area contributed by atoms with Gasteiger partial charge in [0.2, 0.25) is 0 Å². The van der Waals surface area contributed by atoms with Gasteiger partial charge in [-0.05, 0) is 31.0 Å². The van der Waals surface area contributed by atoms with E-state index in [-0.39, 0.29) is 0 Å². The van der Waals surface area contributed by atoms with Crippen molar-refractivity contribution in [1.29, 1.82) is 5.26 Å². The molecule has 1 aromatic heterocycles. The van der Waals surface area contributed by atoms with E-state index >= 15 is 0 Å². The molecule has 108 valence electrons. The highest BCUT2D eigenvalue weighted by Gasteiger charge is 2.14. The molecule has 2 heterocycles. The fraction of sp³-hybridized carbons (Fsp3) is 0.400. The van der Waals surface area contributed by atoms with Crippen molar-refractivity contribution in [1.82, 2.24) is 14.8 Å². The molecule has 0 aliphatic carbocycles. The minimum atomic E-state index is -0.426. The van der Waals surface area contributed by atoms with Gasteiger partial charge in [0.1, 0.15) is 11.6 Å². The zero-order chi connectivity index (χ0) is 14.7. The van der Waals surface area contributed by atoms with Crippen LogP contribution in [0.5, 0.6) is 0 Å². The first kappa shape index (κ1) is 13.6. The van der Waals surface area contributed by atoms with Gasteiger partial charge in [0.15, 0.2) is 5.82 Å². The Hall–Kier alpha value is -2.42. The summed E-state index contributed by atoms with van der Waals surface area (Å²) >= 11 is 0. The number of nitriles is 1. The van der Waals surface area contributed by atoms with E-state index in [1.54, 1.807) is 12.1 Å². The summed E-state index contributed by atoms with van der Waals surface area (Å²) in [6, 6.07) is 6.32. The van der Waals surface area contributed by atoms with Crippen LogP contribution in [0.3, 0.4) is 0 Å². The highest BCUT2D eigenvalue weighted by molar-refractivity contribution is 5.48. The van der Waals surface area contributed by atoms with Crippen LogP contribution in [0, 0.1) is 17.1 Å².